The van der Waals surface area contributed by atoms with E-state index < -0.39 is 0 Å². The summed E-state index contributed by atoms with van der Waals surface area (Å²) < 4.78 is 26.6. The highest BCUT2D eigenvalue weighted by atomic mass is 35.5. The minimum atomic E-state index is -0.359. The van der Waals surface area contributed by atoms with E-state index in [1.165, 1.54) is 12.1 Å². The van der Waals surface area contributed by atoms with Crippen molar-refractivity contribution in [2.75, 3.05) is 26.8 Å². The molecule has 0 atom stereocenters. The van der Waals surface area contributed by atoms with Crippen LogP contribution in [0.4, 0.5) is 4.39 Å². The summed E-state index contributed by atoms with van der Waals surface area (Å²) in [5.41, 5.74) is 2.65. The van der Waals surface area contributed by atoms with Crippen molar-refractivity contribution in [3.8, 4) is 17.2 Å². The second-order valence-corrected chi connectivity index (χ2v) is 8.06. The van der Waals surface area contributed by atoms with Crippen LogP contribution in [0.25, 0.3) is 5.69 Å². The summed E-state index contributed by atoms with van der Waals surface area (Å²) >= 11 is 6.14. The van der Waals surface area contributed by atoms with Crippen molar-refractivity contribution in [2.45, 2.75) is 13.8 Å². The predicted octanol–water partition coefficient (Wildman–Crippen LogP) is 4.44. The molecule has 0 aliphatic carbocycles. The molecule has 1 fully saturated rings. The van der Waals surface area contributed by atoms with Gasteiger partial charge in [0.05, 0.1) is 36.4 Å². The van der Waals surface area contributed by atoms with Gasteiger partial charge in [0.25, 0.3) is 5.91 Å². The minimum absolute atomic E-state index is 0.0569. The Labute approximate surface area is 185 Å². The normalized spacial score (nSPS) is 13.8. The Morgan fingerprint density at radius 1 is 1.23 bits per heavy atom. The fraction of sp³-hybridized carbons (Fsp3) is 0.304. The summed E-state index contributed by atoms with van der Waals surface area (Å²) in [7, 11) is 1.58. The number of likely N-dealkylation sites (tertiary alicyclic amines) is 1. The molecule has 0 unspecified atom stereocenters. The minimum Gasteiger partial charge on any atom is -0.495 e. The number of methoxy groups -OCH3 is 1. The van der Waals surface area contributed by atoms with Gasteiger partial charge < -0.3 is 18.9 Å². The first-order valence-corrected chi connectivity index (χ1v) is 10.3. The van der Waals surface area contributed by atoms with Crippen molar-refractivity contribution in [1.29, 1.82) is 0 Å². The van der Waals surface area contributed by atoms with Crippen LogP contribution in [0.1, 0.15) is 21.6 Å². The van der Waals surface area contributed by atoms with Crippen LogP contribution in [0.15, 0.2) is 42.9 Å². The summed E-state index contributed by atoms with van der Waals surface area (Å²) in [6.07, 6.45) is 3.61. The van der Waals surface area contributed by atoms with Gasteiger partial charge in [-0.1, -0.05) is 11.6 Å². The standard InChI is InChI=1S/C23H23ClFN3O3/c1-14-9-28(13-26-14)19-6-4-17(8-21(19)30-3)23(29)27-10-16(11-27)12-31-20-7-5-18(25)15(2)22(20)24/h4-9,13,16H,10-12H2,1-3H3. The summed E-state index contributed by atoms with van der Waals surface area (Å²) in [5.74, 6) is 0.840. The number of ether oxygens (including phenoxy) is 2. The highest BCUT2D eigenvalue weighted by Crippen LogP contribution is 2.31. The van der Waals surface area contributed by atoms with Crippen molar-refractivity contribution in [1.82, 2.24) is 14.5 Å². The molecule has 2 heterocycles. The van der Waals surface area contributed by atoms with E-state index >= 15 is 0 Å². The maximum Gasteiger partial charge on any atom is 0.254 e. The highest BCUT2D eigenvalue weighted by Gasteiger charge is 2.32. The summed E-state index contributed by atoms with van der Waals surface area (Å²) in [6.45, 7) is 5.11. The maximum atomic E-state index is 13.5. The lowest BCUT2D eigenvalue weighted by molar-refractivity contribution is 0.0393. The zero-order valence-corrected chi connectivity index (χ0v) is 18.3. The number of carbonyl (C=O) groups excluding carboxylic acids is 1. The number of rotatable bonds is 6. The Balaban J connectivity index is 1.37. The number of aryl methyl sites for hydroxylation is 1. The number of imidazole rings is 1. The molecule has 0 saturated carbocycles. The molecule has 162 valence electrons. The predicted molar refractivity (Wildman–Crippen MR) is 116 cm³/mol. The Hall–Kier alpha value is -3.06. The molecule has 0 bridgehead atoms. The third kappa shape index (κ3) is 4.23. The molecule has 1 aliphatic rings. The third-order valence-corrected chi connectivity index (χ3v) is 5.89. The van der Waals surface area contributed by atoms with Crippen LogP contribution < -0.4 is 9.47 Å². The van der Waals surface area contributed by atoms with Gasteiger partial charge in [0.2, 0.25) is 0 Å². The van der Waals surface area contributed by atoms with Crippen LogP contribution in [-0.4, -0.2) is 47.2 Å². The van der Waals surface area contributed by atoms with Crippen LogP contribution in [-0.2, 0) is 0 Å². The first kappa shape index (κ1) is 21.2. The number of benzene rings is 2. The van der Waals surface area contributed by atoms with Gasteiger partial charge >= 0.3 is 0 Å². The van der Waals surface area contributed by atoms with E-state index in [1.807, 2.05) is 23.8 Å². The molecule has 1 aromatic heterocycles. The first-order chi connectivity index (χ1) is 14.9. The van der Waals surface area contributed by atoms with Crippen LogP contribution in [0.5, 0.6) is 11.5 Å². The van der Waals surface area contributed by atoms with Crippen LogP contribution >= 0.6 is 11.6 Å². The van der Waals surface area contributed by atoms with Gasteiger partial charge in [-0.05, 0) is 44.2 Å². The Morgan fingerprint density at radius 3 is 2.68 bits per heavy atom. The van der Waals surface area contributed by atoms with E-state index in [2.05, 4.69) is 4.98 Å². The van der Waals surface area contributed by atoms with Gasteiger partial charge in [0, 0.05) is 36.3 Å². The average molecular weight is 444 g/mol. The van der Waals surface area contributed by atoms with Crippen molar-refractivity contribution < 1.29 is 18.7 Å². The van der Waals surface area contributed by atoms with E-state index in [9.17, 15) is 9.18 Å². The molecule has 2 aromatic carbocycles. The Morgan fingerprint density at radius 2 is 2.00 bits per heavy atom. The highest BCUT2D eigenvalue weighted by molar-refractivity contribution is 6.32. The zero-order valence-electron chi connectivity index (χ0n) is 17.6. The molecule has 3 aromatic rings. The van der Waals surface area contributed by atoms with Gasteiger partial charge in [-0.15, -0.1) is 0 Å². The zero-order chi connectivity index (χ0) is 22.1. The Bertz CT molecular complexity index is 1130. The maximum absolute atomic E-state index is 13.5. The summed E-state index contributed by atoms with van der Waals surface area (Å²) in [4.78, 5) is 18.8. The monoisotopic (exact) mass is 443 g/mol. The second-order valence-electron chi connectivity index (χ2n) is 7.68. The van der Waals surface area contributed by atoms with Gasteiger partial charge in [-0.2, -0.15) is 0 Å². The van der Waals surface area contributed by atoms with Crippen molar-refractivity contribution in [3.63, 3.8) is 0 Å². The number of aromatic nitrogens is 2. The number of amides is 1. The summed E-state index contributed by atoms with van der Waals surface area (Å²) in [6, 6.07) is 8.27. The van der Waals surface area contributed by atoms with Crippen LogP contribution in [0.3, 0.4) is 0 Å². The quantitative estimate of drug-likeness (QED) is 0.565. The Kier molecular flexibility index (Phi) is 5.87. The second kappa shape index (κ2) is 8.59. The average Bonchev–Trinajstić information content (AvgIpc) is 3.17. The number of hydrogen-bond donors (Lipinski definition) is 0. The van der Waals surface area contributed by atoms with Crippen LogP contribution in [0, 0.1) is 25.6 Å². The number of nitrogens with zero attached hydrogens (tertiary/aromatic N) is 3. The van der Waals surface area contributed by atoms with E-state index in [0.29, 0.717) is 42.3 Å². The molecule has 0 radical (unpaired) electrons. The lowest BCUT2D eigenvalue weighted by Crippen LogP contribution is -2.52. The molecule has 6 nitrogen and oxygen atoms in total. The molecule has 0 N–H and O–H groups in total. The molecule has 0 spiro atoms. The molecular weight excluding hydrogens is 421 g/mol. The van der Waals surface area contributed by atoms with Crippen molar-refractivity contribution >= 4 is 17.5 Å². The lowest BCUT2D eigenvalue weighted by Gasteiger charge is -2.39. The molecule has 8 heteroatoms. The number of hydrogen-bond acceptors (Lipinski definition) is 4. The summed E-state index contributed by atoms with van der Waals surface area (Å²) in [5, 5.41) is 0.285. The first-order valence-electron chi connectivity index (χ1n) is 9.93. The largest absolute Gasteiger partial charge is 0.495 e. The fourth-order valence-electron chi connectivity index (χ4n) is 3.56. The van der Waals surface area contributed by atoms with E-state index in [0.717, 1.165) is 11.4 Å². The fourth-order valence-corrected chi connectivity index (χ4v) is 3.76. The number of carbonyl (C=O) groups is 1. The lowest BCUT2D eigenvalue weighted by atomic mass is 9.99. The molecular formula is C23H23ClFN3O3. The SMILES string of the molecule is COc1cc(C(=O)N2CC(COc3ccc(F)c(C)c3Cl)C2)ccc1-n1cnc(C)c1. The number of halogens is 2. The molecule has 1 saturated heterocycles. The van der Waals surface area contributed by atoms with Crippen molar-refractivity contribution in [2.24, 2.45) is 5.92 Å². The topological polar surface area (TPSA) is 56.6 Å². The third-order valence-electron chi connectivity index (χ3n) is 5.42. The van der Waals surface area contributed by atoms with Gasteiger partial charge in [0.1, 0.15) is 17.3 Å². The molecule has 31 heavy (non-hydrogen) atoms. The van der Waals surface area contributed by atoms with E-state index in [1.54, 1.807) is 37.4 Å². The van der Waals surface area contributed by atoms with E-state index in [-0.39, 0.29) is 22.7 Å². The van der Waals surface area contributed by atoms with Gasteiger partial charge in [-0.25, -0.2) is 9.37 Å². The van der Waals surface area contributed by atoms with Gasteiger partial charge in [0.15, 0.2) is 0 Å². The van der Waals surface area contributed by atoms with E-state index in [4.69, 9.17) is 21.1 Å². The molecule has 4 rings (SSSR count). The smallest absolute Gasteiger partial charge is 0.254 e. The molecule has 1 aliphatic heterocycles. The van der Waals surface area contributed by atoms with Crippen LogP contribution in [0.2, 0.25) is 5.02 Å². The van der Waals surface area contributed by atoms with Crippen molar-refractivity contribution in [3.05, 3.63) is 70.5 Å². The van der Waals surface area contributed by atoms with Gasteiger partial charge in [-0.3, -0.25) is 4.79 Å². The molecule has 1 amide bonds.